The molecule has 1 aliphatic carbocycles. The molecule has 0 bridgehead atoms. The first-order valence-corrected chi connectivity index (χ1v) is 4.76. The van der Waals surface area contributed by atoms with Crippen molar-refractivity contribution in [2.75, 3.05) is 7.05 Å². The molecule has 2 heteroatoms. The predicted octanol–water partition coefficient (Wildman–Crippen LogP) is 1.86. The van der Waals surface area contributed by atoms with E-state index in [2.05, 4.69) is 5.32 Å². The van der Waals surface area contributed by atoms with Crippen LogP contribution < -0.4 is 5.32 Å². The van der Waals surface area contributed by atoms with E-state index in [-0.39, 0.29) is 0 Å². The average Bonchev–Trinajstić information content (AvgIpc) is 2.06. The highest BCUT2D eigenvalue weighted by Gasteiger charge is 2.30. The Kier molecular flexibility index (Phi) is 2.23. The van der Waals surface area contributed by atoms with Gasteiger partial charge in [-0.15, -0.1) is 0 Å². The van der Waals surface area contributed by atoms with E-state index >= 15 is 0 Å². The number of rotatable bonds is 2. The number of phenols is 1. The van der Waals surface area contributed by atoms with Gasteiger partial charge in [0, 0.05) is 6.04 Å². The van der Waals surface area contributed by atoms with Gasteiger partial charge in [0.1, 0.15) is 5.75 Å². The summed E-state index contributed by atoms with van der Waals surface area (Å²) in [5, 5.41) is 12.8. The zero-order chi connectivity index (χ0) is 9.26. The second kappa shape index (κ2) is 3.38. The molecule has 0 atom stereocenters. The smallest absolute Gasteiger partial charge is 0.119 e. The zero-order valence-corrected chi connectivity index (χ0v) is 7.83. The quantitative estimate of drug-likeness (QED) is 0.722. The van der Waals surface area contributed by atoms with Crippen molar-refractivity contribution < 1.29 is 5.11 Å². The van der Waals surface area contributed by atoms with Crippen LogP contribution in [0.2, 0.25) is 0 Å². The van der Waals surface area contributed by atoms with Gasteiger partial charge in [0.2, 0.25) is 0 Å². The van der Waals surface area contributed by atoms with E-state index in [1.54, 1.807) is 6.07 Å². The predicted molar refractivity (Wildman–Crippen MR) is 52.9 cm³/mol. The van der Waals surface area contributed by atoms with Gasteiger partial charge in [-0.1, -0.05) is 18.2 Å². The summed E-state index contributed by atoms with van der Waals surface area (Å²) in [5.41, 5.74) is 1.11. The van der Waals surface area contributed by atoms with Gasteiger partial charge >= 0.3 is 0 Å². The Bertz CT molecular complexity index is 292. The van der Waals surface area contributed by atoms with E-state index in [4.69, 9.17) is 0 Å². The number of benzene rings is 1. The summed E-state index contributed by atoms with van der Waals surface area (Å²) >= 11 is 0. The van der Waals surface area contributed by atoms with E-state index < -0.39 is 0 Å². The fraction of sp³-hybridized carbons (Fsp3) is 0.455. The molecular formula is C11H15NO. The van der Waals surface area contributed by atoms with Crippen LogP contribution in [-0.4, -0.2) is 18.2 Å². The molecule has 0 aliphatic heterocycles. The Labute approximate surface area is 78.6 Å². The number of hydrogen-bond acceptors (Lipinski definition) is 2. The number of phenolic OH excluding ortho intramolecular Hbond substituents is 1. The molecule has 0 heterocycles. The van der Waals surface area contributed by atoms with E-state index in [9.17, 15) is 5.11 Å². The Morgan fingerprint density at radius 2 is 2.00 bits per heavy atom. The zero-order valence-electron chi connectivity index (χ0n) is 7.83. The van der Waals surface area contributed by atoms with Gasteiger partial charge in [0.25, 0.3) is 0 Å². The molecule has 1 saturated carbocycles. The van der Waals surface area contributed by atoms with Crippen molar-refractivity contribution in [2.24, 2.45) is 0 Å². The highest BCUT2D eigenvalue weighted by atomic mass is 16.3. The summed E-state index contributed by atoms with van der Waals surface area (Å²) in [6, 6.07) is 8.28. The second-order valence-electron chi connectivity index (χ2n) is 3.71. The Hall–Kier alpha value is -1.02. The van der Waals surface area contributed by atoms with Gasteiger partial charge < -0.3 is 10.4 Å². The number of para-hydroxylation sites is 1. The van der Waals surface area contributed by atoms with Crippen molar-refractivity contribution in [2.45, 2.75) is 24.8 Å². The van der Waals surface area contributed by atoms with Gasteiger partial charge in [0.05, 0.1) is 0 Å². The molecule has 13 heavy (non-hydrogen) atoms. The summed E-state index contributed by atoms with van der Waals surface area (Å²) in [6.07, 6.45) is 2.29. The molecule has 1 aliphatic rings. The van der Waals surface area contributed by atoms with Gasteiger partial charge in [-0.2, -0.15) is 0 Å². The lowest BCUT2D eigenvalue weighted by Gasteiger charge is -2.35. The van der Waals surface area contributed by atoms with Crippen LogP contribution in [0.15, 0.2) is 24.3 Å². The largest absolute Gasteiger partial charge is 0.508 e. The molecule has 2 nitrogen and oxygen atoms in total. The Morgan fingerprint density at radius 1 is 1.31 bits per heavy atom. The normalized spacial score (nSPS) is 26.8. The lowest BCUT2D eigenvalue weighted by molar-refractivity contribution is 0.300. The van der Waals surface area contributed by atoms with Crippen LogP contribution >= 0.6 is 0 Å². The fourth-order valence-corrected chi connectivity index (χ4v) is 1.94. The third-order valence-corrected chi connectivity index (χ3v) is 2.92. The molecule has 0 spiro atoms. The third kappa shape index (κ3) is 1.54. The van der Waals surface area contributed by atoms with E-state index in [1.165, 1.54) is 0 Å². The molecule has 1 aromatic rings. The van der Waals surface area contributed by atoms with Gasteiger partial charge in [-0.25, -0.2) is 0 Å². The first-order valence-electron chi connectivity index (χ1n) is 4.76. The Morgan fingerprint density at radius 3 is 2.62 bits per heavy atom. The number of aromatic hydroxyl groups is 1. The van der Waals surface area contributed by atoms with Crippen LogP contribution in [0.5, 0.6) is 5.75 Å². The lowest BCUT2D eigenvalue weighted by atomic mass is 9.75. The Balaban J connectivity index is 2.07. The summed E-state index contributed by atoms with van der Waals surface area (Å²) in [6.45, 7) is 0. The number of nitrogens with one attached hydrogen (secondary N) is 1. The maximum Gasteiger partial charge on any atom is 0.119 e. The number of hydrogen-bond donors (Lipinski definition) is 2. The molecule has 70 valence electrons. The van der Waals surface area contributed by atoms with Crippen LogP contribution in [0.1, 0.15) is 24.3 Å². The minimum atomic E-state index is 0.446. The van der Waals surface area contributed by atoms with Crippen molar-refractivity contribution in [1.29, 1.82) is 0 Å². The molecule has 0 radical (unpaired) electrons. The first-order chi connectivity index (χ1) is 6.31. The summed E-state index contributed by atoms with van der Waals surface area (Å²) in [4.78, 5) is 0. The van der Waals surface area contributed by atoms with E-state index in [0.717, 1.165) is 18.4 Å². The minimum absolute atomic E-state index is 0.446. The monoisotopic (exact) mass is 177 g/mol. The van der Waals surface area contributed by atoms with Gasteiger partial charge in [0.15, 0.2) is 0 Å². The molecule has 0 unspecified atom stereocenters. The van der Waals surface area contributed by atoms with E-state index in [0.29, 0.717) is 17.7 Å². The molecule has 0 amide bonds. The van der Waals surface area contributed by atoms with E-state index in [1.807, 2.05) is 25.2 Å². The topological polar surface area (TPSA) is 32.3 Å². The average molecular weight is 177 g/mol. The standard InChI is InChI=1S/C11H15NO/c1-12-9-6-8(7-9)10-4-2-3-5-11(10)13/h2-5,8-9,12-13H,6-7H2,1H3. The van der Waals surface area contributed by atoms with Crippen molar-refractivity contribution in [3.8, 4) is 5.75 Å². The molecular weight excluding hydrogens is 162 g/mol. The molecule has 2 N–H and O–H groups in total. The van der Waals surface area contributed by atoms with Crippen LogP contribution in [0.25, 0.3) is 0 Å². The van der Waals surface area contributed by atoms with Crippen LogP contribution in [0.4, 0.5) is 0 Å². The second-order valence-corrected chi connectivity index (χ2v) is 3.71. The molecule has 0 aromatic heterocycles. The van der Waals surface area contributed by atoms with Crippen molar-refractivity contribution in [1.82, 2.24) is 5.32 Å². The molecule has 0 saturated heterocycles. The van der Waals surface area contributed by atoms with Crippen molar-refractivity contribution in [3.05, 3.63) is 29.8 Å². The molecule has 1 fully saturated rings. The maximum absolute atomic E-state index is 9.58. The maximum atomic E-state index is 9.58. The van der Waals surface area contributed by atoms with Gasteiger partial charge in [-0.05, 0) is 37.4 Å². The summed E-state index contributed by atoms with van der Waals surface area (Å²) in [5.74, 6) is 1.00. The SMILES string of the molecule is CNC1CC(c2ccccc2O)C1. The first kappa shape index (κ1) is 8.57. The lowest BCUT2D eigenvalue weighted by Crippen LogP contribution is -2.37. The van der Waals surface area contributed by atoms with Crippen LogP contribution in [0.3, 0.4) is 0 Å². The third-order valence-electron chi connectivity index (χ3n) is 2.92. The highest BCUT2D eigenvalue weighted by molar-refractivity contribution is 5.36. The van der Waals surface area contributed by atoms with Crippen molar-refractivity contribution in [3.63, 3.8) is 0 Å². The van der Waals surface area contributed by atoms with Crippen LogP contribution in [-0.2, 0) is 0 Å². The fourth-order valence-electron chi connectivity index (χ4n) is 1.94. The minimum Gasteiger partial charge on any atom is -0.508 e. The highest BCUT2D eigenvalue weighted by Crippen LogP contribution is 2.40. The van der Waals surface area contributed by atoms with Crippen LogP contribution in [0, 0.1) is 0 Å². The van der Waals surface area contributed by atoms with Crippen molar-refractivity contribution >= 4 is 0 Å². The summed E-state index contributed by atoms with van der Waals surface area (Å²) in [7, 11) is 1.99. The van der Waals surface area contributed by atoms with Gasteiger partial charge in [-0.3, -0.25) is 0 Å². The summed E-state index contributed by atoms with van der Waals surface area (Å²) < 4.78 is 0. The molecule has 2 rings (SSSR count). The molecule has 1 aromatic carbocycles.